The Morgan fingerprint density at radius 3 is 2.60 bits per heavy atom. The van der Waals surface area contributed by atoms with Gasteiger partial charge in [0.25, 0.3) is 0 Å². The lowest BCUT2D eigenvalue weighted by atomic mass is 10.1. The molecule has 0 unspecified atom stereocenters. The second kappa shape index (κ2) is 6.48. The summed E-state index contributed by atoms with van der Waals surface area (Å²) < 4.78 is 31.4. The summed E-state index contributed by atoms with van der Waals surface area (Å²) in [6.45, 7) is -0.250. The molecule has 0 saturated heterocycles. The van der Waals surface area contributed by atoms with Crippen LogP contribution in [0.5, 0.6) is 5.75 Å². The first-order valence-corrected chi connectivity index (χ1v) is 6.27. The van der Waals surface area contributed by atoms with Crippen molar-refractivity contribution in [3.05, 3.63) is 64.7 Å². The average Bonchev–Trinajstić information content (AvgIpc) is 2.40. The maximum Gasteiger partial charge on any atom is 0.174 e. The van der Waals surface area contributed by atoms with E-state index in [1.165, 1.54) is 24.3 Å². The van der Waals surface area contributed by atoms with Crippen molar-refractivity contribution in [2.45, 2.75) is 6.42 Å². The molecule has 0 radical (unpaired) electrons. The summed E-state index contributed by atoms with van der Waals surface area (Å²) in [6.07, 6.45) is -0.0640. The minimum Gasteiger partial charge on any atom is -0.484 e. The van der Waals surface area contributed by atoms with Gasteiger partial charge < -0.3 is 4.74 Å². The molecule has 20 heavy (non-hydrogen) atoms. The third-order valence-corrected chi connectivity index (χ3v) is 2.92. The van der Waals surface area contributed by atoms with E-state index in [0.717, 1.165) is 6.07 Å². The quantitative estimate of drug-likeness (QED) is 0.838. The number of halogens is 3. The molecule has 0 aromatic heterocycles. The molecular formula is C15H11ClF2O2. The monoisotopic (exact) mass is 296 g/mol. The Morgan fingerprint density at radius 2 is 1.90 bits per heavy atom. The third kappa shape index (κ3) is 3.78. The number of benzene rings is 2. The van der Waals surface area contributed by atoms with Crippen LogP contribution < -0.4 is 4.74 Å². The Kier molecular flexibility index (Phi) is 4.69. The van der Waals surface area contributed by atoms with E-state index in [0.29, 0.717) is 5.56 Å². The summed E-state index contributed by atoms with van der Waals surface area (Å²) in [5.74, 6) is -0.994. The molecule has 0 fully saturated rings. The van der Waals surface area contributed by atoms with Gasteiger partial charge in [-0.2, -0.15) is 0 Å². The lowest BCUT2D eigenvalue weighted by Gasteiger charge is -2.07. The highest BCUT2D eigenvalue weighted by atomic mass is 35.5. The van der Waals surface area contributed by atoms with Gasteiger partial charge >= 0.3 is 0 Å². The summed E-state index contributed by atoms with van der Waals surface area (Å²) in [7, 11) is 0. The lowest BCUT2D eigenvalue weighted by molar-refractivity contribution is -0.120. The normalized spacial score (nSPS) is 10.3. The van der Waals surface area contributed by atoms with Crippen molar-refractivity contribution in [1.29, 1.82) is 0 Å². The number of rotatable bonds is 5. The SMILES string of the molecule is O=C(COc1ccc(F)cc1Cl)Cc1ccccc1F. The number of Topliss-reactive ketones (excluding diaryl/α,β-unsaturated/α-hetero) is 1. The van der Waals surface area contributed by atoms with E-state index >= 15 is 0 Å². The second-order valence-electron chi connectivity index (χ2n) is 4.17. The molecule has 5 heteroatoms. The highest BCUT2D eigenvalue weighted by molar-refractivity contribution is 6.32. The standard InChI is InChI=1S/C15H11ClF2O2/c16-13-8-11(17)5-6-15(13)20-9-12(19)7-10-3-1-2-4-14(10)18/h1-6,8H,7,9H2. The molecule has 104 valence electrons. The van der Waals surface area contributed by atoms with Crippen LogP contribution in [0, 0.1) is 11.6 Å². The molecule has 0 aliphatic carbocycles. The predicted molar refractivity (Wildman–Crippen MR) is 72.0 cm³/mol. The molecule has 0 bridgehead atoms. The largest absolute Gasteiger partial charge is 0.484 e. The lowest BCUT2D eigenvalue weighted by Crippen LogP contribution is -2.14. The summed E-state index contributed by atoms with van der Waals surface area (Å²) in [5.41, 5.74) is 0.311. The molecule has 2 rings (SSSR count). The average molecular weight is 297 g/mol. The minimum atomic E-state index is -0.486. The van der Waals surface area contributed by atoms with E-state index in [1.54, 1.807) is 12.1 Å². The molecule has 0 spiro atoms. The van der Waals surface area contributed by atoms with Crippen LogP contribution in [-0.4, -0.2) is 12.4 Å². The van der Waals surface area contributed by atoms with Crippen molar-refractivity contribution in [2.24, 2.45) is 0 Å². The number of ether oxygens (including phenoxy) is 1. The van der Waals surface area contributed by atoms with Crippen LogP contribution >= 0.6 is 11.6 Å². The summed E-state index contributed by atoms with van der Waals surface area (Å²) >= 11 is 5.76. The molecule has 0 atom stereocenters. The van der Waals surface area contributed by atoms with Gasteiger partial charge in [0, 0.05) is 6.42 Å². The molecule has 0 N–H and O–H groups in total. The highest BCUT2D eigenvalue weighted by Crippen LogP contribution is 2.24. The van der Waals surface area contributed by atoms with E-state index in [2.05, 4.69) is 0 Å². The topological polar surface area (TPSA) is 26.3 Å². The van der Waals surface area contributed by atoms with Crippen molar-refractivity contribution < 1.29 is 18.3 Å². The van der Waals surface area contributed by atoms with Crippen molar-refractivity contribution in [1.82, 2.24) is 0 Å². The van der Waals surface area contributed by atoms with Gasteiger partial charge in [0.1, 0.15) is 24.0 Å². The fourth-order valence-electron chi connectivity index (χ4n) is 1.66. The van der Waals surface area contributed by atoms with Gasteiger partial charge in [-0.3, -0.25) is 4.79 Å². The molecule has 0 aliphatic heterocycles. The smallest absolute Gasteiger partial charge is 0.174 e. The zero-order chi connectivity index (χ0) is 14.5. The van der Waals surface area contributed by atoms with Crippen LogP contribution in [0.15, 0.2) is 42.5 Å². The Balaban J connectivity index is 1.94. The molecule has 0 aliphatic rings. The summed E-state index contributed by atoms with van der Waals surface area (Å²) in [6, 6.07) is 9.66. The van der Waals surface area contributed by atoms with Crippen molar-refractivity contribution in [2.75, 3.05) is 6.61 Å². The van der Waals surface area contributed by atoms with Crippen LogP contribution in [0.3, 0.4) is 0 Å². The summed E-state index contributed by atoms with van der Waals surface area (Å²) in [5, 5.41) is 0.0868. The fraction of sp³-hybridized carbons (Fsp3) is 0.133. The van der Waals surface area contributed by atoms with Crippen molar-refractivity contribution in [3.63, 3.8) is 0 Å². The highest BCUT2D eigenvalue weighted by Gasteiger charge is 2.10. The Morgan fingerprint density at radius 1 is 1.15 bits per heavy atom. The van der Waals surface area contributed by atoms with Crippen LogP contribution in [0.25, 0.3) is 0 Å². The molecule has 2 aromatic carbocycles. The van der Waals surface area contributed by atoms with Gasteiger partial charge in [-0.25, -0.2) is 8.78 Å². The van der Waals surface area contributed by atoms with Gasteiger partial charge in [0.2, 0.25) is 0 Å². The van der Waals surface area contributed by atoms with E-state index in [4.69, 9.17) is 16.3 Å². The van der Waals surface area contributed by atoms with Gasteiger partial charge in [-0.15, -0.1) is 0 Å². The first kappa shape index (κ1) is 14.5. The third-order valence-electron chi connectivity index (χ3n) is 2.63. The molecule has 0 saturated carbocycles. The van der Waals surface area contributed by atoms with E-state index in [-0.39, 0.29) is 29.6 Å². The number of ketones is 1. The van der Waals surface area contributed by atoms with Crippen molar-refractivity contribution in [3.8, 4) is 5.75 Å². The molecule has 2 nitrogen and oxygen atoms in total. The Hall–Kier alpha value is -1.94. The zero-order valence-electron chi connectivity index (χ0n) is 10.4. The number of hydrogen-bond acceptors (Lipinski definition) is 2. The minimum absolute atomic E-state index is 0.0640. The zero-order valence-corrected chi connectivity index (χ0v) is 11.2. The van der Waals surface area contributed by atoms with Gasteiger partial charge in [0.15, 0.2) is 5.78 Å². The van der Waals surface area contributed by atoms with Crippen LogP contribution in [-0.2, 0) is 11.2 Å². The summed E-state index contributed by atoms with van der Waals surface area (Å²) in [4.78, 5) is 11.7. The maximum absolute atomic E-state index is 13.4. The maximum atomic E-state index is 13.4. The van der Waals surface area contributed by atoms with E-state index < -0.39 is 11.6 Å². The van der Waals surface area contributed by atoms with Crippen LogP contribution in [0.2, 0.25) is 5.02 Å². The predicted octanol–water partition coefficient (Wildman–Crippen LogP) is 3.81. The first-order valence-electron chi connectivity index (χ1n) is 5.89. The van der Waals surface area contributed by atoms with Gasteiger partial charge in [-0.1, -0.05) is 29.8 Å². The van der Waals surface area contributed by atoms with E-state index in [9.17, 15) is 13.6 Å². The number of hydrogen-bond donors (Lipinski definition) is 0. The van der Waals surface area contributed by atoms with Crippen LogP contribution in [0.1, 0.15) is 5.56 Å². The van der Waals surface area contributed by atoms with Gasteiger partial charge in [-0.05, 0) is 29.8 Å². The Labute approximate surface area is 119 Å². The van der Waals surface area contributed by atoms with Gasteiger partial charge in [0.05, 0.1) is 5.02 Å². The molecular weight excluding hydrogens is 286 g/mol. The number of carbonyl (C=O) groups is 1. The van der Waals surface area contributed by atoms with E-state index in [1.807, 2.05) is 0 Å². The molecule has 2 aromatic rings. The molecule has 0 amide bonds. The van der Waals surface area contributed by atoms with Crippen LogP contribution in [0.4, 0.5) is 8.78 Å². The molecule has 0 heterocycles. The first-order chi connectivity index (χ1) is 9.56. The second-order valence-corrected chi connectivity index (χ2v) is 4.58. The van der Waals surface area contributed by atoms with Crippen molar-refractivity contribution >= 4 is 17.4 Å². The fourth-order valence-corrected chi connectivity index (χ4v) is 1.88. The number of carbonyl (C=O) groups excluding carboxylic acids is 1. The Bertz CT molecular complexity index is 629.